The normalized spacial score (nSPS) is 13.1. The van der Waals surface area contributed by atoms with Gasteiger partial charge in [-0.15, -0.1) is 0 Å². The quantitative estimate of drug-likeness (QED) is 0.0746. The van der Waals surface area contributed by atoms with Gasteiger partial charge in [0.1, 0.15) is 0 Å². The Balaban J connectivity index is 3.36. The first-order valence-corrected chi connectivity index (χ1v) is 10.3. The maximum atomic E-state index is 12.9. The zero-order chi connectivity index (χ0) is 27.4. The molecule has 1 heterocycles. The molecule has 36 heavy (non-hydrogen) atoms. The van der Waals surface area contributed by atoms with E-state index in [1.54, 1.807) is 5.48 Å². The molecular weight excluding hydrogens is 484 g/mol. The van der Waals surface area contributed by atoms with E-state index in [1.807, 2.05) is 0 Å². The smallest absolute Gasteiger partial charge is 0.336 e. The second kappa shape index (κ2) is 14.3. The van der Waals surface area contributed by atoms with E-state index in [-0.39, 0.29) is 13.1 Å². The van der Waals surface area contributed by atoms with Crippen molar-refractivity contribution in [2.24, 2.45) is 0 Å². The molecule has 0 aliphatic rings. The lowest BCUT2D eigenvalue weighted by atomic mass is 10.3. The van der Waals surface area contributed by atoms with Gasteiger partial charge in [-0.2, -0.15) is 0 Å². The fraction of sp³-hybridized carbons (Fsp3) is 0.400. The van der Waals surface area contributed by atoms with Crippen molar-refractivity contribution < 1.29 is 34.5 Å². The van der Waals surface area contributed by atoms with Gasteiger partial charge >= 0.3 is 17.1 Å². The third kappa shape index (κ3) is 8.91. The van der Waals surface area contributed by atoms with Crippen LogP contribution in [0.5, 0.6) is 0 Å². The molecule has 3 unspecified atom stereocenters. The van der Waals surface area contributed by atoms with E-state index >= 15 is 0 Å². The largest absolute Gasteiger partial charge is 0.389 e. The summed E-state index contributed by atoms with van der Waals surface area (Å²) in [5, 5.41) is 34.9. The lowest BCUT2D eigenvalue weighted by molar-refractivity contribution is -0.168. The Hall–Kier alpha value is -4.12. The predicted octanol–water partition coefficient (Wildman–Crippen LogP) is -4.95. The van der Waals surface area contributed by atoms with Gasteiger partial charge in [0.05, 0.1) is 31.8 Å². The minimum atomic E-state index is -1.94. The number of carbonyl (C=O) groups excluding carboxylic acids is 3. The van der Waals surface area contributed by atoms with Gasteiger partial charge in [0, 0.05) is 13.1 Å². The Labute approximate surface area is 203 Å². The van der Waals surface area contributed by atoms with Gasteiger partial charge in [-0.1, -0.05) is 19.7 Å². The summed E-state index contributed by atoms with van der Waals surface area (Å²) < 4.78 is 1.25. The van der Waals surface area contributed by atoms with E-state index in [2.05, 4.69) is 35.2 Å². The van der Waals surface area contributed by atoms with Gasteiger partial charge in [0.2, 0.25) is 11.8 Å². The van der Waals surface area contributed by atoms with Crippen LogP contribution in [0.2, 0.25) is 0 Å². The SMILES string of the molecule is C=CC(=O)NCC(O)Cn1c(=O)n(CC(O)CNC(=O)C=C)c(=O)n(CC(O)ONC(=O)C=C)c1=O. The first-order chi connectivity index (χ1) is 16.9. The molecular formula is C20H28N6O10. The fourth-order valence-electron chi connectivity index (χ4n) is 2.64. The van der Waals surface area contributed by atoms with E-state index in [0.717, 1.165) is 18.2 Å². The van der Waals surface area contributed by atoms with E-state index in [1.165, 1.54) is 0 Å². The molecule has 16 heteroatoms. The Morgan fingerprint density at radius 3 is 1.44 bits per heavy atom. The maximum absolute atomic E-state index is 12.9. The topological polar surface area (TPSA) is 223 Å². The molecule has 0 aliphatic carbocycles. The lowest BCUT2D eigenvalue weighted by Gasteiger charge is -2.19. The minimum absolute atomic E-state index is 0.371. The van der Waals surface area contributed by atoms with Crippen molar-refractivity contribution in [3.63, 3.8) is 0 Å². The van der Waals surface area contributed by atoms with Crippen LogP contribution in [0.1, 0.15) is 0 Å². The van der Waals surface area contributed by atoms with Crippen LogP contribution in [-0.4, -0.2) is 78.3 Å². The highest BCUT2D eigenvalue weighted by Crippen LogP contribution is 1.91. The molecule has 0 radical (unpaired) electrons. The Morgan fingerprint density at radius 1 is 0.722 bits per heavy atom. The molecule has 6 N–H and O–H groups in total. The summed E-state index contributed by atoms with van der Waals surface area (Å²) in [6, 6.07) is 0. The summed E-state index contributed by atoms with van der Waals surface area (Å²) >= 11 is 0. The molecule has 3 amide bonds. The molecule has 3 atom stereocenters. The van der Waals surface area contributed by atoms with E-state index < -0.39 is 72.9 Å². The van der Waals surface area contributed by atoms with Crippen LogP contribution < -0.4 is 33.2 Å². The van der Waals surface area contributed by atoms with Crippen LogP contribution in [0.4, 0.5) is 0 Å². The molecule has 198 valence electrons. The molecule has 0 fully saturated rings. The minimum Gasteiger partial charge on any atom is -0.389 e. The standard InChI is InChI=1S/C20H28N6O10/c1-4-14(29)21-7-12(27)9-24-18(33)25(10-13(28)8-22-15(30)5-2)20(35)26(19(24)34)11-17(32)36-23-16(31)6-3/h4-6,12-13,17,27-28,32H,1-3,7-11H2,(H,21,29)(H,22,30)(H,23,31). The van der Waals surface area contributed by atoms with Crippen molar-refractivity contribution in [2.75, 3.05) is 13.1 Å². The highest BCUT2D eigenvalue weighted by Gasteiger charge is 2.22. The van der Waals surface area contributed by atoms with Crippen molar-refractivity contribution in [3.8, 4) is 0 Å². The van der Waals surface area contributed by atoms with Crippen LogP contribution in [0.3, 0.4) is 0 Å². The van der Waals surface area contributed by atoms with E-state index in [0.29, 0.717) is 13.7 Å². The summed E-state index contributed by atoms with van der Waals surface area (Å²) in [5.41, 5.74) is -1.96. The Kier molecular flexibility index (Phi) is 11.9. The number of rotatable bonds is 15. The monoisotopic (exact) mass is 512 g/mol. The van der Waals surface area contributed by atoms with Gasteiger partial charge in [0.15, 0.2) is 6.29 Å². The van der Waals surface area contributed by atoms with Crippen molar-refractivity contribution in [3.05, 3.63) is 69.4 Å². The van der Waals surface area contributed by atoms with E-state index in [9.17, 15) is 44.1 Å². The molecule has 1 aromatic rings. The Bertz CT molecular complexity index is 994. The van der Waals surface area contributed by atoms with Gasteiger partial charge in [-0.05, 0) is 18.2 Å². The third-order valence-corrected chi connectivity index (χ3v) is 4.39. The fourth-order valence-corrected chi connectivity index (χ4v) is 2.64. The molecule has 0 aliphatic heterocycles. The number of nitrogens with zero attached hydrogens (tertiary/aromatic N) is 3. The average molecular weight is 512 g/mol. The third-order valence-electron chi connectivity index (χ3n) is 4.39. The number of aliphatic hydroxyl groups excluding tert-OH is 3. The number of nitrogens with one attached hydrogen (secondary N) is 3. The second-order valence-electron chi connectivity index (χ2n) is 7.13. The number of hydroxylamine groups is 1. The summed E-state index contributed by atoms with van der Waals surface area (Å²) in [5.74, 6) is -2.09. The molecule has 1 aromatic heterocycles. The summed E-state index contributed by atoms with van der Waals surface area (Å²) in [6.07, 6.45) is -2.18. The number of aliphatic hydroxyl groups is 3. The average Bonchev–Trinajstić information content (AvgIpc) is 2.86. The Morgan fingerprint density at radius 2 is 1.08 bits per heavy atom. The molecule has 0 aromatic carbocycles. The maximum Gasteiger partial charge on any atom is 0.336 e. The predicted molar refractivity (Wildman–Crippen MR) is 123 cm³/mol. The highest BCUT2D eigenvalue weighted by molar-refractivity contribution is 5.87. The summed E-state index contributed by atoms with van der Waals surface area (Å²) in [6.45, 7) is 6.62. The molecule has 16 nitrogen and oxygen atoms in total. The van der Waals surface area contributed by atoms with Crippen molar-refractivity contribution in [1.82, 2.24) is 29.8 Å². The summed E-state index contributed by atoms with van der Waals surface area (Å²) in [4.78, 5) is 77.0. The van der Waals surface area contributed by atoms with Crippen LogP contribution >= 0.6 is 0 Å². The summed E-state index contributed by atoms with van der Waals surface area (Å²) in [7, 11) is 0. The first-order valence-electron chi connectivity index (χ1n) is 10.3. The van der Waals surface area contributed by atoms with Gasteiger partial charge < -0.3 is 26.0 Å². The molecule has 0 saturated heterocycles. The van der Waals surface area contributed by atoms with Crippen LogP contribution in [0.25, 0.3) is 0 Å². The highest BCUT2D eigenvalue weighted by atomic mass is 16.7. The number of amides is 3. The zero-order valence-corrected chi connectivity index (χ0v) is 19.2. The molecule has 0 spiro atoms. The molecule has 1 rings (SSSR count). The van der Waals surface area contributed by atoms with Gasteiger partial charge in [-0.3, -0.25) is 14.4 Å². The second-order valence-corrected chi connectivity index (χ2v) is 7.13. The van der Waals surface area contributed by atoms with Gasteiger partial charge in [-0.25, -0.2) is 38.4 Å². The number of hydrogen-bond donors (Lipinski definition) is 6. The first kappa shape index (κ1) is 29.9. The van der Waals surface area contributed by atoms with Crippen LogP contribution in [0, 0.1) is 0 Å². The zero-order valence-electron chi connectivity index (χ0n) is 19.2. The van der Waals surface area contributed by atoms with Crippen molar-refractivity contribution in [1.29, 1.82) is 0 Å². The number of aromatic nitrogens is 3. The van der Waals surface area contributed by atoms with Gasteiger partial charge in [0.25, 0.3) is 5.91 Å². The number of hydrogen-bond acceptors (Lipinski definition) is 10. The lowest BCUT2D eigenvalue weighted by Crippen LogP contribution is -2.58. The van der Waals surface area contributed by atoms with Crippen molar-refractivity contribution >= 4 is 17.7 Å². The van der Waals surface area contributed by atoms with Crippen LogP contribution in [0.15, 0.2) is 52.3 Å². The van der Waals surface area contributed by atoms with E-state index in [4.69, 9.17) is 0 Å². The molecule has 0 bridgehead atoms. The van der Waals surface area contributed by atoms with Crippen LogP contribution in [-0.2, 0) is 38.9 Å². The molecule has 0 saturated carbocycles. The number of carbonyl (C=O) groups is 3. The van der Waals surface area contributed by atoms with Crippen molar-refractivity contribution in [2.45, 2.75) is 38.1 Å².